The molecule has 0 saturated heterocycles. The number of anilines is 2. The number of hydrogen-bond donors (Lipinski definition) is 7. The zero-order chi connectivity index (χ0) is 47.9. The van der Waals surface area contributed by atoms with Gasteiger partial charge in [-0.15, -0.1) is 0 Å². The summed E-state index contributed by atoms with van der Waals surface area (Å²) in [5.41, 5.74) is 24.9. The summed E-state index contributed by atoms with van der Waals surface area (Å²) in [6.45, 7) is 6.49. The van der Waals surface area contributed by atoms with Gasteiger partial charge in [0.05, 0.1) is 28.5 Å². The van der Waals surface area contributed by atoms with Crippen LogP contribution >= 0.6 is 0 Å². The first kappa shape index (κ1) is 47.8. The zero-order valence-electron chi connectivity index (χ0n) is 39.0. The Morgan fingerprint density at radius 1 is 0.721 bits per heavy atom. The van der Waals surface area contributed by atoms with Crippen molar-refractivity contribution in [3.05, 3.63) is 119 Å². The first-order chi connectivity index (χ1) is 33.0. The SMILES string of the molecule is CCC[C@@H]1CN(C(=O)[C@@H](N)CCCCN)c2cc(OCc3ccccc3)c3[nH]c(C(=O)N4C[C@@H](CC)c5c4cc(OCc4ccccc4)c4[nH]c(C(=O)N[C@@H](CCCCN)C(=O)O)cc54)cc3c21. The van der Waals surface area contributed by atoms with E-state index in [0.29, 0.717) is 91.2 Å². The lowest BCUT2D eigenvalue weighted by Gasteiger charge is -2.22. The van der Waals surface area contributed by atoms with Gasteiger partial charge in [0.1, 0.15) is 42.1 Å². The summed E-state index contributed by atoms with van der Waals surface area (Å²) in [6.07, 6.45) is 5.92. The van der Waals surface area contributed by atoms with E-state index in [9.17, 15) is 19.5 Å². The number of rotatable bonds is 22. The van der Waals surface area contributed by atoms with Crippen LogP contribution in [0.25, 0.3) is 21.8 Å². The van der Waals surface area contributed by atoms with Crippen molar-refractivity contribution in [2.75, 3.05) is 36.0 Å². The normalized spacial score (nSPS) is 16.2. The Hall–Kier alpha value is -6.68. The molecule has 0 bridgehead atoms. The molecule has 2 aromatic heterocycles. The highest BCUT2D eigenvalue weighted by atomic mass is 16.5. The molecule has 2 aliphatic heterocycles. The Kier molecular flexibility index (Phi) is 15.1. The van der Waals surface area contributed by atoms with E-state index >= 15 is 4.79 Å². The molecule has 4 atom stereocenters. The summed E-state index contributed by atoms with van der Waals surface area (Å²) in [6, 6.07) is 25.2. The molecule has 0 unspecified atom stereocenters. The molecule has 0 aliphatic carbocycles. The number of fused-ring (bicyclic) bond motifs is 6. The van der Waals surface area contributed by atoms with E-state index in [-0.39, 0.29) is 49.0 Å². The average Bonchev–Trinajstić information content (AvgIpc) is 4.16. The number of benzene rings is 4. The third-order valence-corrected chi connectivity index (χ3v) is 13.4. The molecule has 68 heavy (non-hydrogen) atoms. The lowest BCUT2D eigenvalue weighted by atomic mass is 9.93. The summed E-state index contributed by atoms with van der Waals surface area (Å²) in [7, 11) is 0. The van der Waals surface area contributed by atoms with Crippen molar-refractivity contribution >= 4 is 56.9 Å². The number of carbonyl (C=O) groups excluding carboxylic acids is 3. The number of carboxylic acid groups (broad SMARTS) is 1. The van der Waals surface area contributed by atoms with E-state index in [0.717, 1.165) is 59.0 Å². The van der Waals surface area contributed by atoms with E-state index in [1.165, 1.54) is 0 Å². The highest BCUT2D eigenvalue weighted by Crippen LogP contribution is 2.49. The molecular formula is C53H64N8O7. The molecule has 6 aromatic rings. The van der Waals surface area contributed by atoms with Crippen molar-refractivity contribution < 1.29 is 33.8 Å². The molecule has 0 spiro atoms. The number of H-pyrrole nitrogens is 2. The van der Waals surface area contributed by atoms with Crippen LogP contribution in [0.1, 0.15) is 127 Å². The maximum Gasteiger partial charge on any atom is 0.326 e. The van der Waals surface area contributed by atoms with Gasteiger partial charge in [0.2, 0.25) is 5.91 Å². The predicted octanol–water partition coefficient (Wildman–Crippen LogP) is 7.96. The van der Waals surface area contributed by atoms with Crippen LogP contribution < -0.4 is 41.8 Å². The molecule has 15 heteroatoms. The van der Waals surface area contributed by atoms with Crippen LogP contribution in [0.4, 0.5) is 11.4 Å². The minimum absolute atomic E-state index is 0.00547. The summed E-state index contributed by atoms with van der Waals surface area (Å²) >= 11 is 0. The average molecular weight is 925 g/mol. The highest BCUT2D eigenvalue weighted by molar-refractivity contribution is 6.13. The lowest BCUT2D eigenvalue weighted by molar-refractivity contribution is -0.139. The number of nitrogens with zero attached hydrogens (tertiary/aromatic N) is 2. The molecule has 0 fully saturated rings. The standard InChI is InChI=1S/C53H64N8O7/c1-3-15-35-29-60(51(63)38(56)20-11-13-22-54)43-27-45(68-31-33-18-9-6-10-19-33)49-37(47(35)43)25-41(58-49)52(64)61-28-34(4-2)46-36-24-40(50(62)59-39(53(65)66)21-12-14-23-55)57-48(36)44(26-42(46)61)67-30-32-16-7-5-8-17-32/h5-10,16-19,24-27,34-35,38-39,57-58H,3-4,11-15,20-23,28-31,54-56H2,1-2H3,(H,59,62)(H,65,66)/t34-,35-,38+,39+/m1/s1. The minimum atomic E-state index is -1.12. The maximum atomic E-state index is 15.2. The molecule has 0 radical (unpaired) electrons. The number of amides is 3. The number of aliphatic carboxylic acids is 1. The number of hydrogen-bond acceptors (Lipinski definition) is 9. The van der Waals surface area contributed by atoms with Crippen LogP contribution in [0.3, 0.4) is 0 Å². The molecule has 2 aliphatic rings. The lowest BCUT2D eigenvalue weighted by Crippen LogP contribution is -2.43. The van der Waals surface area contributed by atoms with Crippen molar-refractivity contribution in [3.8, 4) is 11.5 Å². The number of ether oxygens (including phenoxy) is 2. The van der Waals surface area contributed by atoms with Crippen LogP contribution in [0.2, 0.25) is 0 Å². The topological polar surface area (TPSA) is 235 Å². The number of carboxylic acids is 1. The molecular weight excluding hydrogens is 861 g/mol. The van der Waals surface area contributed by atoms with E-state index < -0.39 is 24.0 Å². The van der Waals surface area contributed by atoms with Gasteiger partial charge in [0, 0.05) is 47.8 Å². The number of aromatic amines is 2. The van der Waals surface area contributed by atoms with Crippen LogP contribution in [0, 0.1) is 0 Å². The Bertz CT molecular complexity index is 2750. The van der Waals surface area contributed by atoms with Gasteiger partial charge in [-0.1, -0.05) is 87.4 Å². The first-order valence-corrected chi connectivity index (χ1v) is 24.1. The van der Waals surface area contributed by atoms with Crippen molar-refractivity contribution in [2.45, 2.75) is 109 Å². The van der Waals surface area contributed by atoms with Crippen LogP contribution in [-0.2, 0) is 22.8 Å². The van der Waals surface area contributed by atoms with Gasteiger partial charge in [-0.2, -0.15) is 0 Å². The van der Waals surface area contributed by atoms with E-state index in [2.05, 4.69) is 29.1 Å². The number of aromatic nitrogens is 2. The number of carbonyl (C=O) groups is 4. The van der Waals surface area contributed by atoms with Crippen LogP contribution in [0.5, 0.6) is 11.5 Å². The van der Waals surface area contributed by atoms with Crippen LogP contribution in [0.15, 0.2) is 84.9 Å². The smallest absolute Gasteiger partial charge is 0.326 e. The Morgan fingerprint density at radius 3 is 1.81 bits per heavy atom. The van der Waals surface area contributed by atoms with Gasteiger partial charge in [-0.3, -0.25) is 14.4 Å². The summed E-state index contributed by atoms with van der Waals surface area (Å²) in [5.74, 6) is -1.23. The van der Waals surface area contributed by atoms with Gasteiger partial charge in [-0.25, -0.2) is 4.79 Å². The van der Waals surface area contributed by atoms with E-state index in [4.69, 9.17) is 26.7 Å². The Labute approximate surface area is 396 Å². The number of unbranched alkanes of at least 4 members (excludes halogenated alkanes) is 2. The second kappa shape index (κ2) is 21.5. The second-order valence-electron chi connectivity index (χ2n) is 18.1. The van der Waals surface area contributed by atoms with Gasteiger partial charge < -0.3 is 56.9 Å². The minimum Gasteiger partial charge on any atom is -0.487 e. The van der Waals surface area contributed by atoms with E-state index in [1.54, 1.807) is 11.0 Å². The van der Waals surface area contributed by atoms with Gasteiger partial charge in [0.15, 0.2) is 0 Å². The quantitative estimate of drug-likeness (QED) is 0.0325. The van der Waals surface area contributed by atoms with E-state index in [1.807, 2.05) is 83.8 Å². The van der Waals surface area contributed by atoms with Gasteiger partial charge in [-0.05, 0) is 92.4 Å². The Balaban J connectivity index is 1.21. The van der Waals surface area contributed by atoms with Crippen molar-refractivity contribution in [1.29, 1.82) is 0 Å². The van der Waals surface area contributed by atoms with Gasteiger partial charge in [0.25, 0.3) is 11.8 Å². The van der Waals surface area contributed by atoms with Crippen molar-refractivity contribution in [3.63, 3.8) is 0 Å². The molecule has 15 nitrogen and oxygen atoms in total. The molecule has 3 amide bonds. The highest BCUT2D eigenvalue weighted by Gasteiger charge is 2.40. The Morgan fingerprint density at radius 2 is 1.25 bits per heavy atom. The molecule has 358 valence electrons. The van der Waals surface area contributed by atoms with Crippen molar-refractivity contribution in [2.24, 2.45) is 17.2 Å². The zero-order valence-corrected chi connectivity index (χ0v) is 39.0. The molecule has 4 aromatic carbocycles. The summed E-state index contributed by atoms with van der Waals surface area (Å²) in [5, 5.41) is 14.2. The van der Waals surface area contributed by atoms with Crippen LogP contribution in [-0.4, -0.2) is 77.0 Å². The van der Waals surface area contributed by atoms with Gasteiger partial charge >= 0.3 is 5.97 Å². The number of nitrogens with two attached hydrogens (primary N) is 3. The largest absolute Gasteiger partial charge is 0.487 e. The fraction of sp³-hybridized carbons (Fsp3) is 0.396. The summed E-state index contributed by atoms with van der Waals surface area (Å²) < 4.78 is 13.1. The molecule has 4 heterocycles. The fourth-order valence-electron chi connectivity index (χ4n) is 9.89. The summed E-state index contributed by atoms with van der Waals surface area (Å²) in [4.78, 5) is 65.7. The predicted molar refractivity (Wildman–Crippen MR) is 266 cm³/mol. The molecule has 0 saturated carbocycles. The fourth-order valence-corrected chi connectivity index (χ4v) is 9.89. The molecule has 8 rings (SSSR count). The van der Waals surface area contributed by atoms with Crippen molar-refractivity contribution in [1.82, 2.24) is 15.3 Å². The maximum absolute atomic E-state index is 15.2. The first-order valence-electron chi connectivity index (χ1n) is 24.1. The number of nitrogens with one attached hydrogen (secondary N) is 3. The monoisotopic (exact) mass is 924 g/mol. The molecule has 10 N–H and O–H groups in total. The third kappa shape index (κ3) is 9.96. The second-order valence-corrected chi connectivity index (χ2v) is 18.1. The third-order valence-electron chi connectivity index (χ3n) is 13.4.